The van der Waals surface area contributed by atoms with E-state index < -0.39 is 0 Å². The van der Waals surface area contributed by atoms with Crippen molar-refractivity contribution in [3.63, 3.8) is 0 Å². The van der Waals surface area contributed by atoms with E-state index in [9.17, 15) is 9.90 Å². The number of aliphatic hydroxyl groups excluding tert-OH is 1. The molecule has 0 aromatic heterocycles. The maximum atomic E-state index is 11.8. The first-order valence-electron chi connectivity index (χ1n) is 7.05. The second-order valence-electron chi connectivity index (χ2n) is 5.98. The van der Waals surface area contributed by atoms with Gasteiger partial charge in [0.15, 0.2) is 0 Å². The van der Waals surface area contributed by atoms with Crippen LogP contribution in [0.4, 0.5) is 0 Å². The van der Waals surface area contributed by atoms with Crippen molar-refractivity contribution in [3.05, 3.63) is 35.4 Å². The molecule has 1 fully saturated rings. The number of hydrazine groups is 1. The molecule has 0 saturated carbocycles. The monoisotopic (exact) mass is 293 g/mol. The van der Waals surface area contributed by atoms with Crippen molar-refractivity contribution in [1.29, 1.82) is 0 Å². The van der Waals surface area contributed by atoms with E-state index in [4.69, 9.17) is 10.6 Å². The number of hydrogen-bond donors (Lipinski definition) is 3. The van der Waals surface area contributed by atoms with E-state index in [1.807, 2.05) is 32.0 Å². The van der Waals surface area contributed by atoms with Crippen LogP contribution in [0.15, 0.2) is 24.3 Å². The summed E-state index contributed by atoms with van der Waals surface area (Å²) in [4.78, 5) is 14.0. The highest BCUT2D eigenvalue weighted by Crippen LogP contribution is 2.23. The van der Waals surface area contributed by atoms with Gasteiger partial charge in [-0.05, 0) is 25.5 Å². The molecule has 0 aliphatic carbocycles. The normalized spacial score (nSPS) is 22.0. The lowest BCUT2D eigenvalue weighted by atomic mass is 10.0. The number of aliphatic hydroxyl groups is 1. The lowest BCUT2D eigenvalue weighted by Gasteiger charge is -2.42. The number of amides is 1. The summed E-state index contributed by atoms with van der Waals surface area (Å²) in [6.07, 6.45) is -0.204. The molecule has 1 aromatic carbocycles. The Balaban J connectivity index is 2.16. The van der Waals surface area contributed by atoms with Gasteiger partial charge in [-0.15, -0.1) is 0 Å². The molecular formula is C15H23N3O3. The van der Waals surface area contributed by atoms with Gasteiger partial charge in [0.05, 0.1) is 18.3 Å². The number of carbonyl (C=O) groups excluding carboxylic acids is 1. The Morgan fingerprint density at radius 1 is 1.52 bits per heavy atom. The molecule has 4 N–H and O–H groups in total. The van der Waals surface area contributed by atoms with E-state index in [0.717, 1.165) is 12.1 Å². The van der Waals surface area contributed by atoms with Gasteiger partial charge < -0.3 is 9.84 Å². The zero-order valence-electron chi connectivity index (χ0n) is 12.5. The zero-order chi connectivity index (χ0) is 15.5. The van der Waals surface area contributed by atoms with Gasteiger partial charge in [0.1, 0.15) is 0 Å². The standard InChI is InChI=1S/C15H23N3O3/c1-15(2)10-18(8-12(9-19)21-15)7-11-5-3-4-6-13(11)14(20)17-16/h3-6,12,19H,7-10,16H2,1-2H3,(H,17,20). The highest BCUT2D eigenvalue weighted by molar-refractivity contribution is 5.95. The molecule has 6 nitrogen and oxygen atoms in total. The van der Waals surface area contributed by atoms with Crippen LogP contribution in [0.5, 0.6) is 0 Å². The maximum absolute atomic E-state index is 11.8. The molecule has 0 bridgehead atoms. The van der Waals surface area contributed by atoms with Crippen LogP contribution in [0.2, 0.25) is 0 Å². The molecule has 2 rings (SSSR count). The average Bonchev–Trinajstić information content (AvgIpc) is 2.45. The number of morpholine rings is 1. The Bertz CT molecular complexity index is 505. The van der Waals surface area contributed by atoms with Crippen LogP contribution >= 0.6 is 0 Å². The zero-order valence-corrected chi connectivity index (χ0v) is 12.5. The molecule has 1 aromatic rings. The smallest absolute Gasteiger partial charge is 0.265 e. The second kappa shape index (κ2) is 6.53. The third-order valence-corrected chi connectivity index (χ3v) is 3.54. The highest BCUT2D eigenvalue weighted by atomic mass is 16.5. The summed E-state index contributed by atoms with van der Waals surface area (Å²) in [5.74, 6) is 4.93. The predicted octanol–water partition coefficient (Wildman–Crippen LogP) is 0.262. The molecule has 116 valence electrons. The number of nitrogens with two attached hydrogens (primary N) is 1. The van der Waals surface area contributed by atoms with Crippen LogP contribution in [0.1, 0.15) is 29.8 Å². The molecule has 1 saturated heterocycles. The van der Waals surface area contributed by atoms with Gasteiger partial charge in [0.2, 0.25) is 0 Å². The second-order valence-corrected chi connectivity index (χ2v) is 5.98. The van der Waals surface area contributed by atoms with Crippen molar-refractivity contribution >= 4 is 5.91 Å². The van der Waals surface area contributed by atoms with Crippen LogP contribution < -0.4 is 11.3 Å². The Labute approximate surface area is 124 Å². The lowest BCUT2D eigenvalue weighted by Crippen LogP contribution is -2.53. The fourth-order valence-electron chi connectivity index (χ4n) is 2.83. The van der Waals surface area contributed by atoms with E-state index in [1.165, 1.54) is 0 Å². The van der Waals surface area contributed by atoms with Crippen LogP contribution in [-0.4, -0.2) is 47.3 Å². The Hall–Kier alpha value is -1.47. The van der Waals surface area contributed by atoms with Crippen molar-refractivity contribution in [3.8, 4) is 0 Å². The maximum Gasteiger partial charge on any atom is 0.265 e. The van der Waals surface area contributed by atoms with Crippen LogP contribution in [0.25, 0.3) is 0 Å². The van der Waals surface area contributed by atoms with E-state index in [-0.39, 0.29) is 24.2 Å². The molecule has 1 atom stereocenters. The first-order valence-corrected chi connectivity index (χ1v) is 7.05. The summed E-state index contributed by atoms with van der Waals surface area (Å²) in [7, 11) is 0. The molecular weight excluding hydrogens is 270 g/mol. The van der Waals surface area contributed by atoms with Crippen molar-refractivity contribution < 1.29 is 14.6 Å². The molecule has 0 radical (unpaired) electrons. The molecule has 6 heteroatoms. The minimum absolute atomic E-state index is 0.00906. The summed E-state index contributed by atoms with van der Waals surface area (Å²) in [5.41, 5.74) is 3.34. The van der Waals surface area contributed by atoms with Gasteiger partial charge in [0, 0.05) is 25.2 Å². The van der Waals surface area contributed by atoms with Gasteiger partial charge >= 0.3 is 0 Å². The van der Waals surface area contributed by atoms with Gasteiger partial charge in [-0.2, -0.15) is 0 Å². The summed E-state index contributed by atoms with van der Waals surface area (Å²) >= 11 is 0. The van der Waals surface area contributed by atoms with Crippen LogP contribution in [0.3, 0.4) is 0 Å². The van der Waals surface area contributed by atoms with Gasteiger partial charge in [-0.25, -0.2) is 5.84 Å². The molecule has 1 aliphatic rings. The summed E-state index contributed by atoms with van der Waals surface area (Å²) in [6, 6.07) is 7.39. The largest absolute Gasteiger partial charge is 0.394 e. The number of nitrogens with one attached hydrogen (secondary N) is 1. The number of ether oxygens (including phenoxy) is 1. The molecule has 1 unspecified atom stereocenters. The quantitative estimate of drug-likeness (QED) is 0.421. The third-order valence-electron chi connectivity index (χ3n) is 3.54. The summed E-state index contributed by atoms with van der Waals surface area (Å²) < 4.78 is 5.80. The minimum atomic E-state index is -0.323. The fraction of sp³-hybridized carbons (Fsp3) is 0.533. The number of hydrogen-bond acceptors (Lipinski definition) is 5. The molecule has 1 heterocycles. The van der Waals surface area contributed by atoms with Gasteiger partial charge in [-0.1, -0.05) is 18.2 Å². The number of rotatable bonds is 4. The van der Waals surface area contributed by atoms with Crippen molar-refractivity contribution in [2.75, 3.05) is 19.7 Å². The Kier molecular flexibility index (Phi) is 4.95. The highest BCUT2D eigenvalue weighted by Gasteiger charge is 2.33. The number of carbonyl (C=O) groups is 1. The Morgan fingerprint density at radius 2 is 2.24 bits per heavy atom. The molecule has 1 aliphatic heterocycles. The van der Waals surface area contributed by atoms with Gasteiger partial charge in [0.25, 0.3) is 5.91 Å². The Morgan fingerprint density at radius 3 is 2.90 bits per heavy atom. The molecule has 0 spiro atoms. The topological polar surface area (TPSA) is 87.8 Å². The minimum Gasteiger partial charge on any atom is -0.394 e. The van der Waals surface area contributed by atoms with E-state index in [0.29, 0.717) is 18.7 Å². The van der Waals surface area contributed by atoms with Crippen LogP contribution in [0, 0.1) is 0 Å². The average molecular weight is 293 g/mol. The predicted molar refractivity (Wildman–Crippen MR) is 79.4 cm³/mol. The lowest BCUT2D eigenvalue weighted by molar-refractivity contribution is -0.150. The number of nitrogen functional groups attached to an aromatic ring is 1. The number of nitrogens with zero attached hydrogens (tertiary/aromatic N) is 1. The third kappa shape index (κ3) is 4.01. The first kappa shape index (κ1) is 15.9. The molecule has 21 heavy (non-hydrogen) atoms. The summed E-state index contributed by atoms with van der Waals surface area (Å²) in [5, 5.41) is 9.36. The molecule has 1 amide bonds. The van der Waals surface area contributed by atoms with E-state index in [2.05, 4.69) is 10.3 Å². The van der Waals surface area contributed by atoms with Crippen LogP contribution in [-0.2, 0) is 11.3 Å². The van der Waals surface area contributed by atoms with Crippen molar-refractivity contribution in [2.45, 2.75) is 32.1 Å². The fourth-order valence-corrected chi connectivity index (χ4v) is 2.83. The van der Waals surface area contributed by atoms with Gasteiger partial charge in [-0.3, -0.25) is 15.1 Å². The SMILES string of the molecule is CC1(C)CN(Cc2ccccc2C(=O)NN)CC(CO)O1. The van der Waals surface area contributed by atoms with E-state index >= 15 is 0 Å². The summed E-state index contributed by atoms with van der Waals surface area (Å²) in [6.45, 7) is 5.99. The van der Waals surface area contributed by atoms with E-state index in [1.54, 1.807) is 6.07 Å². The van der Waals surface area contributed by atoms with Crippen molar-refractivity contribution in [1.82, 2.24) is 10.3 Å². The first-order chi connectivity index (χ1) is 9.95. The number of benzene rings is 1. The van der Waals surface area contributed by atoms with Crippen molar-refractivity contribution in [2.24, 2.45) is 5.84 Å².